The van der Waals surface area contributed by atoms with Crippen molar-refractivity contribution in [3.8, 4) is 0 Å². The van der Waals surface area contributed by atoms with Crippen LogP contribution in [0.25, 0.3) is 0 Å². The van der Waals surface area contributed by atoms with Crippen molar-refractivity contribution in [3.63, 3.8) is 0 Å². The number of unbranched alkanes of at least 4 members (excludes halogenated alkanes) is 64. The fourth-order valence-corrected chi connectivity index (χ4v) is 16.8. The number of esters is 4. The van der Waals surface area contributed by atoms with Crippen LogP contribution in [0.1, 0.15) is 531 Å². The fourth-order valence-electron chi connectivity index (χ4n) is 15.4. The van der Waals surface area contributed by atoms with E-state index in [1.54, 1.807) is 0 Å². The van der Waals surface area contributed by atoms with Crippen LogP contribution < -0.4 is 0 Å². The average Bonchev–Trinajstić information content (AvgIpc) is 0.796. The van der Waals surface area contributed by atoms with Crippen LogP contribution in [0.5, 0.6) is 0 Å². The van der Waals surface area contributed by atoms with E-state index in [4.69, 9.17) is 18.9 Å². The van der Waals surface area contributed by atoms with E-state index >= 15 is 0 Å². The Bertz CT molecular complexity index is 2880. The van der Waals surface area contributed by atoms with Gasteiger partial charge in [-0.15, -0.1) is 0 Å². The molecule has 0 amide bonds. The first-order valence-electron chi connectivity index (χ1n) is 50.1. The van der Waals surface area contributed by atoms with Crippen LogP contribution in [-0.2, 0) is 39.2 Å². The number of hydrogen-bond donors (Lipinski definition) is 0. The second-order valence-corrected chi connectivity index (χ2v) is 36.9. The van der Waals surface area contributed by atoms with Crippen LogP contribution in [0, 0.1) is 0 Å². The van der Waals surface area contributed by atoms with Crippen molar-refractivity contribution < 1.29 is 64.1 Å². The molecular weight excluding hydrogens is 1580 g/mol. The van der Waals surface area contributed by atoms with E-state index < -0.39 is 65.0 Å². The number of ether oxygens (including phenoxy) is 4. The molecular formula is C104H178CaO14S2. The first-order chi connectivity index (χ1) is 58.6. The Morgan fingerprint density at radius 2 is 0.380 bits per heavy atom. The molecule has 0 aromatic heterocycles. The topological polar surface area (TPSA) is 220 Å². The Morgan fingerprint density at radius 1 is 0.231 bits per heavy atom. The summed E-state index contributed by atoms with van der Waals surface area (Å²) in [6.45, 7) is 9.55. The van der Waals surface area contributed by atoms with E-state index in [0.717, 1.165) is 89.2 Å². The standard InChI is InChI=1S/2C52H90O7S.Ca/c2*1-3-5-7-9-11-13-15-17-19-21-23-25-27-29-31-33-35-37-39-41-46-58-51(53)48-44-43-45-49(60(55,56)57)50(48)52(54)59-47-42-40-38-36-34-32-30-28-26-24-22-20-18-16-14-12-10-8-6-4-2;/h2*19-22,43-45H,3-18,23-42,46-47H2,1-2H3,(H,55,56,57);/q;;+2/p-2/b2*21-19+,22-20+;. The van der Waals surface area contributed by atoms with Gasteiger partial charge in [0.05, 0.1) is 58.5 Å². The fraction of sp³-hybridized carbons (Fsp3) is 0.769. The first kappa shape index (κ1) is 117. The third kappa shape index (κ3) is 73.0. The zero-order valence-corrected chi connectivity index (χ0v) is 81.9. The van der Waals surface area contributed by atoms with E-state index in [1.165, 1.54) is 384 Å². The molecule has 2 aromatic carbocycles. The van der Waals surface area contributed by atoms with Gasteiger partial charge in [0.25, 0.3) is 0 Å². The van der Waals surface area contributed by atoms with Crippen molar-refractivity contribution in [2.24, 2.45) is 0 Å². The Hall–Kier alpha value is -3.64. The normalized spacial score (nSPS) is 11.8. The van der Waals surface area contributed by atoms with Gasteiger partial charge in [-0.2, -0.15) is 0 Å². The molecule has 17 heteroatoms. The van der Waals surface area contributed by atoms with Gasteiger partial charge < -0.3 is 28.1 Å². The third-order valence-corrected chi connectivity index (χ3v) is 24.8. The SMILES string of the molecule is CCCCCCCCC/C=C/CCCCCCCCCCCOC(=O)c1cccc(S(=O)(=O)[O-])c1C(=O)OCCCCCCCCCCC/C=C/CCCCCCCCC.CCCCCCCCC/C=C/CCCCCCCCCCCOC(=O)c1cccc(S(=O)(=O)[O-])c1C(=O)OCCCCCCCCCCC/C=C/CCCCCCCCC.[Ca+2]. The Labute approximate surface area is 773 Å². The van der Waals surface area contributed by atoms with Crippen molar-refractivity contribution in [2.45, 2.75) is 500 Å². The molecule has 14 nitrogen and oxygen atoms in total. The van der Waals surface area contributed by atoms with Crippen molar-refractivity contribution in [3.05, 3.63) is 107 Å². The summed E-state index contributed by atoms with van der Waals surface area (Å²) in [5, 5.41) is 0. The summed E-state index contributed by atoms with van der Waals surface area (Å²) in [7, 11) is -10.0. The van der Waals surface area contributed by atoms with Crippen LogP contribution >= 0.6 is 0 Å². The molecule has 2 rings (SSSR count). The predicted molar refractivity (Wildman–Crippen MR) is 507 cm³/mol. The zero-order chi connectivity index (χ0) is 87.2. The number of hydrogen-bond acceptors (Lipinski definition) is 14. The maximum absolute atomic E-state index is 13.1. The van der Waals surface area contributed by atoms with E-state index in [1.807, 2.05) is 0 Å². The molecule has 0 aliphatic carbocycles. The quantitative estimate of drug-likeness (QED) is 0.0150. The van der Waals surface area contributed by atoms with E-state index in [2.05, 4.69) is 76.3 Å². The molecule has 0 radical (unpaired) electrons. The largest absolute Gasteiger partial charge is 2.00 e. The zero-order valence-electron chi connectivity index (χ0n) is 78.1. The average molecular weight is 1760 g/mol. The van der Waals surface area contributed by atoms with Crippen LogP contribution in [0.15, 0.2) is 94.8 Å². The van der Waals surface area contributed by atoms with Gasteiger partial charge in [-0.1, -0.05) is 422 Å². The molecule has 0 unspecified atom stereocenters. The minimum absolute atomic E-state index is 0. The molecule has 121 heavy (non-hydrogen) atoms. The van der Waals surface area contributed by atoms with Gasteiger partial charge in [0.2, 0.25) is 0 Å². The summed E-state index contributed by atoms with van der Waals surface area (Å²) in [6.07, 6.45) is 107. The maximum Gasteiger partial charge on any atom is 2.00 e. The second-order valence-electron chi connectivity index (χ2n) is 34.2. The van der Waals surface area contributed by atoms with Crippen LogP contribution in [-0.4, -0.2) is 114 Å². The molecule has 0 atom stereocenters. The number of carbonyl (C=O) groups excluding carboxylic acids is 4. The molecule has 0 saturated carbocycles. The van der Waals surface area contributed by atoms with Crippen LogP contribution in [0.3, 0.4) is 0 Å². The Balaban J connectivity index is 0.00000236. The molecule has 0 N–H and O–H groups in total. The summed E-state index contributed by atoms with van der Waals surface area (Å²) < 4.78 is 93.8. The van der Waals surface area contributed by atoms with E-state index in [9.17, 15) is 45.1 Å². The molecule has 0 bridgehead atoms. The number of rotatable bonds is 86. The summed E-state index contributed by atoms with van der Waals surface area (Å²) in [5.74, 6) is -3.62. The van der Waals surface area contributed by atoms with Crippen LogP contribution in [0.4, 0.5) is 0 Å². The summed E-state index contributed by atoms with van der Waals surface area (Å²) >= 11 is 0. The maximum atomic E-state index is 13.1. The molecule has 0 fully saturated rings. The second kappa shape index (κ2) is 88.4. The molecule has 0 aliphatic rings. The minimum atomic E-state index is -5.02. The van der Waals surface area contributed by atoms with Gasteiger partial charge in [0, 0.05) is 0 Å². The summed E-state index contributed by atoms with van der Waals surface area (Å²) in [5.41, 5.74) is -1.55. The van der Waals surface area contributed by atoms with Crippen LogP contribution in [0.2, 0.25) is 0 Å². The number of allylic oxidation sites excluding steroid dienone is 8. The molecule has 0 aliphatic heterocycles. The van der Waals surface area contributed by atoms with E-state index in [-0.39, 0.29) is 75.3 Å². The van der Waals surface area contributed by atoms with E-state index in [0.29, 0.717) is 25.7 Å². The smallest absolute Gasteiger partial charge is 0.744 e. The third-order valence-electron chi connectivity index (χ3n) is 23.0. The predicted octanol–water partition coefficient (Wildman–Crippen LogP) is 31.8. The summed E-state index contributed by atoms with van der Waals surface area (Å²) in [4.78, 5) is 50.6. The van der Waals surface area contributed by atoms with Gasteiger partial charge in [0.1, 0.15) is 20.2 Å². The van der Waals surface area contributed by atoms with Crippen molar-refractivity contribution in [2.75, 3.05) is 26.4 Å². The van der Waals surface area contributed by atoms with Gasteiger partial charge >= 0.3 is 61.6 Å². The van der Waals surface area contributed by atoms with Gasteiger partial charge in [-0.3, -0.25) is 0 Å². The molecule has 0 heterocycles. The molecule has 692 valence electrons. The molecule has 0 saturated heterocycles. The molecule has 2 aromatic rings. The number of carbonyl (C=O) groups is 4. The monoisotopic (exact) mass is 1760 g/mol. The van der Waals surface area contributed by atoms with Gasteiger partial charge in [-0.05, 0) is 153 Å². The Morgan fingerprint density at radius 3 is 0.545 bits per heavy atom. The first-order valence-corrected chi connectivity index (χ1v) is 52.9. The summed E-state index contributed by atoms with van der Waals surface area (Å²) in [6, 6.07) is 7.28. The van der Waals surface area contributed by atoms with Crippen molar-refractivity contribution >= 4 is 81.9 Å². The Kier molecular flexibility index (Phi) is 85.7. The van der Waals surface area contributed by atoms with Crippen molar-refractivity contribution in [1.82, 2.24) is 0 Å². The van der Waals surface area contributed by atoms with Gasteiger partial charge in [-0.25, -0.2) is 36.0 Å². The van der Waals surface area contributed by atoms with Gasteiger partial charge in [0.15, 0.2) is 0 Å². The number of benzene rings is 2. The minimum Gasteiger partial charge on any atom is -0.744 e. The molecule has 0 spiro atoms. The van der Waals surface area contributed by atoms with Crippen molar-refractivity contribution in [1.29, 1.82) is 0 Å².